The molecule has 0 aromatic carbocycles. The van der Waals surface area contributed by atoms with Crippen LogP contribution in [0.5, 0.6) is 0 Å². The van der Waals surface area contributed by atoms with Crippen LogP contribution in [0.25, 0.3) is 0 Å². The predicted octanol–water partition coefficient (Wildman–Crippen LogP) is 3.05. The van der Waals surface area contributed by atoms with Gasteiger partial charge in [0, 0.05) is 19.5 Å². The summed E-state index contributed by atoms with van der Waals surface area (Å²) in [4.78, 5) is 13.8. The molecular weight excluding hydrogens is 248 g/mol. The second kappa shape index (κ2) is 7.44. The van der Waals surface area contributed by atoms with Crippen LogP contribution in [-0.2, 0) is 4.79 Å². The van der Waals surface area contributed by atoms with Crippen LogP contribution >= 0.6 is 0 Å². The lowest BCUT2D eigenvalue weighted by Gasteiger charge is -2.37. The van der Waals surface area contributed by atoms with Crippen molar-refractivity contribution >= 4 is 5.91 Å². The first-order valence-electron chi connectivity index (χ1n) is 8.54. The van der Waals surface area contributed by atoms with Gasteiger partial charge in [-0.3, -0.25) is 4.79 Å². The second-order valence-corrected chi connectivity index (χ2v) is 7.30. The van der Waals surface area contributed by atoms with Crippen LogP contribution in [0.2, 0.25) is 0 Å². The summed E-state index contributed by atoms with van der Waals surface area (Å²) in [6.45, 7) is 10.2. The Morgan fingerprint density at radius 2 is 1.70 bits per heavy atom. The van der Waals surface area contributed by atoms with E-state index in [0.29, 0.717) is 6.04 Å². The monoisotopic (exact) mass is 280 g/mol. The molecule has 2 rings (SSSR count). The Labute approximate surface area is 124 Å². The van der Waals surface area contributed by atoms with Gasteiger partial charge < -0.3 is 10.2 Å². The highest BCUT2D eigenvalue weighted by Crippen LogP contribution is 2.28. The molecule has 2 fully saturated rings. The molecule has 1 N–H and O–H groups in total. The third-order valence-corrected chi connectivity index (χ3v) is 5.35. The van der Waals surface area contributed by atoms with Crippen LogP contribution in [0.3, 0.4) is 0 Å². The molecule has 116 valence electrons. The number of nitrogens with one attached hydrogen (secondary N) is 1. The summed E-state index contributed by atoms with van der Waals surface area (Å²) >= 11 is 0. The molecule has 0 atom stereocenters. The smallest absolute Gasteiger partial charge is 0.217 e. The summed E-state index contributed by atoms with van der Waals surface area (Å²) in [6.07, 6.45) is 7.70. The van der Waals surface area contributed by atoms with Crippen LogP contribution in [0.1, 0.15) is 59.3 Å². The normalized spacial score (nSPS) is 29.6. The van der Waals surface area contributed by atoms with Crippen molar-refractivity contribution in [3.8, 4) is 0 Å². The quantitative estimate of drug-likeness (QED) is 0.858. The molecule has 20 heavy (non-hydrogen) atoms. The summed E-state index contributed by atoms with van der Waals surface area (Å²) in [5.74, 6) is 2.78. The van der Waals surface area contributed by atoms with E-state index >= 15 is 0 Å². The highest BCUT2D eigenvalue weighted by Gasteiger charge is 2.26. The maximum Gasteiger partial charge on any atom is 0.217 e. The summed E-state index contributed by atoms with van der Waals surface area (Å²) < 4.78 is 0. The summed E-state index contributed by atoms with van der Waals surface area (Å²) in [6, 6.07) is 0.440. The molecule has 0 bridgehead atoms. The van der Waals surface area contributed by atoms with E-state index in [9.17, 15) is 4.79 Å². The molecule has 1 aliphatic heterocycles. The Hall–Kier alpha value is -0.570. The van der Waals surface area contributed by atoms with E-state index < -0.39 is 0 Å². The zero-order chi connectivity index (χ0) is 14.5. The maximum atomic E-state index is 11.1. The Morgan fingerprint density at radius 1 is 1.10 bits per heavy atom. The Morgan fingerprint density at radius 3 is 2.20 bits per heavy atom. The number of rotatable bonds is 4. The zero-order valence-corrected chi connectivity index (χ0v) is 13.5. The van der Waals surface area contributed by atoms with Crippen molar-refractivity contribution in [1.29, 1.82) is 0 Å². The first-order valence-corrected chi connectivity index (χ1v) is 8.54. The number of piperidine rings is 1. The molecule has 0 radical (unpaired) electrons. The van der Waals surface area contributed by atoms with E-state index in [1.807, 2.05) is 0 Å². The van der Waals surface area contributed by atoms with Crippen molar-refractivity contribution in [2.75, 3.05) is 19.6 Å². The maximum absolute atomic E-state index is 11.1. The van der Waals surface area contributed by atoms with Gasteiger partial charge >= 0.3 is 0 Å². The lowest BCUT2D eigenvalue weighted by Crippen LogP contribution is -2.41. The van der Waals surface area contributed by atoms with Crippen LogP contribution in [0, 0.1) is 17.8 Å². The lowest BCUT2D eigenvalue weighted by molar-refractivity contribution is -0.119. The van der Waals surface area contributed by atoms with Crippen LogP contribution in [-0.4, -0.2) is 36.5 Å². The molecule has 1 amide bonds. The molecule has 0 spiro atoms. The highest BCUT2D eigenvalue weighted by atomic mass is 16.1. The van der Waals surface area contributed by atoms with E-state index in [1.165, 1.54) is 58.2 Å². The van der Waals surface area contributed by atoms with Crippen LogP contribution in [0.15, 0.2) is 0 Å². The fourth-order valence-electron chi connectivity index (χ4n) is 3.94. The molecule has 1 heterocycles. The van der Waals surface area contributed by atoms with E-state index in [0.717, 1.165) is 17.8 Å². The van der Waals surface area contributed by atoms with Crippen molar-refractivity contribution in [3.05, 3.63) is 0 Å². The predicted molar refractivity (Wildman–Crippen MR) is 83.6 cm³/mol. The average Bonchev–Trinajstić information content (AvgIpc) is 2.41. The summed E-state index contributed by atoms with van der Waals surface area (Å²) in [7, 11) is 0. The van der Waals surface area contributed by atoms with Gasteiger partial charge in [-0.05, 0) is 69.4 Å². The van der Waals surface area contributed by atoms with Crippen LogP contribution in [0.4, 0.5) is 0 Å². The molecule has 3 heteroatoms. The van der Waals surface area contributed by atoms with Gasteiger partial charge in [-0.25, -0.2) is 0 Å². The molecule has 0 unspecified atom stereocenters. The number of likely N-dealkylation sites (tertiary alicyclic amines) is 1. The molecule has 3 nitrogen and oxygen atoms in total. The van der Waals surface area contributed by atoms with E-state index in [1.54, 1.807) is 6.92 Å². The third-order valence-electron chi connectivity index (χ3n) is 5.35. The minimum atomic E-state index is 0.129. The Kier molecular flexibility index (Phi) is 5.88. The molecule has 1 saturated carbocycles. The van der Waals surface area contributed by atoms with Crippen molar-refractivity contribution in [2.24, 2.45) is 17.8 Å². The largest absolute Gasteiger partial charge is 0.354 e. The van der Waals surface area contributed by atoms with Gasteiger partial charge in [0.25, 0.3) is 0 Å². The Balaban J connectivity index is 1.65. The number of hydrogen-bond acceptors (Lipinski definition) is 2. The number of carbonyl (C=O) groups excluding carboxylic acids is 1. The topological polar surface area (TPSA) is 32.3 Å². The van der Waals surface area contributed by atoms with Crippen LogP contribution < -0.4 is 5.32 Å². The van der Waals surface area contributed by atoms with Gasteiger partial charge in [-0.1, -0.05) is 13.8 Å². The standard InChI is InChI=1S/C17H32N2O/c1-13(2)16-8-10-19(11-9-16)12-15-4-6-17(7-5-15)18-14(3)20/h13,15-17H,4-12H2,1-3H3,(H,18,20). The minimum Gasteiger partial charge on any atom is -0.354 e. The first kappa shape index (κ1) is 15.8. The van der Waals surface area contributed by atoms with Crippen molar-refractivity contribution < 1.29 is 4.79 Å². The summed E-state index contributed by atoms with van der Waals surface area (Å²) in [5.41, 5.74) is 0. The van der Waals surface area contributed by atoms with Crippen molar-refractivity contribution in [1.82, 2.24) is 10.2 Å². The third kappa shape index (κ3) is 4.76. The lowest BCUT2D eigenvalue weighted by atomic mass is 9.83. The molecule has 0 aromatic heterocycles. The van der Waals surface area contributed by atoms with E-state index in [2.05, 4.69) is 24.1 Å². The van der Waals surface area contributed by atoms with Gasteiger partial charge in [-0.15, -0.1) is 0 Å². The molecule has 2 aliphatic rings. The van der Waals surface area contributed by atoms with E-state index in [4.69, 9.17) is 0 Å². The number of amides is 1. The Bertz CT molecular complexity index is 300. The van der Waals surface area contributed by atoms with Crippen molar-refractivity contribution in [3.63, 3.8) is 0 Å². The van der Waals surface area contributed by atoms with Gasteiger partial charge in [0.05, 0.1) is 0 Å². The van der Waals surface area contributed by atoms with Gasteiger partial charge in [0.1, 0.15) is 0 Å². The van der Waals surface area contributed by atoms with Gasteiger partial charge in [-0.2, -0.15) is 0 Å². The number of nitrogens with zero attached hydrogens (tertiary/aromatic N) is 1. The first-order chi connectivity index (χ1) is 9.54. The fourth-order valence-corrected chi connectivity index (χ4v) is 3.94. The summed E-state index contributed by atoms with van der Waals surface area (Å²) in [5, 5.41) is 3.07. The van der Waals surface area contributed by atoms with Gasteiger partial charge in [0.15, 0.2) is 0 Å². The van der Waals surface area contributed by atoms with E-state index in [-0.39, 0.29) is 5.91 Å². The zero-order valence-electron chi connectivity index (χ0n) is 13.5. The number of carbonyl (C=O) groups is 1. The SMILES string of the molecule is CC(=O)NC1CCC(CN2CCC(C(C)C)CC2)CC1. The average molecular weight is 280 g/mol. The second-order valence-electron chi connectivity index (χ2n) is 7.30. The molecule has 1 aliphatic carbocycles. The fraction of sp³-hybridized carbons (Fsp3) is 0.941. The van der Waals surface area contributed by atoms with Crippen molar-refractivity contribution in [2.45, 2.75) is 65.3 Å². The molecule has 1 saturated heterocycles. The highest BCUT2D eigenvalue weighted by molar-refractivity contribution is 5.73. The minimum absolute atomic E-state index is 0.129. The molecule has 0 aromatic rings. The molecular formula is C17H32N2O. The number of hydrogen-bond donors (Lipinski definition) is 1. The van der Waals surface area contributed by atoms with Gasteiger partial charge in [0.2, 0.25) is 5.91 Å².